The Bertz CT molecular complexity index is 1410. The van der Waals surface area contributed by atoms with E-state index in [0.717, 1.165) is 27.9 Å². The van der Waals surface area contributed by atoms with Crippen molar-refractivity contribution >= 4 is 41.0 Å². The molecule has 0 radical (unpaired) electrons. The smallest absolute Gasteiger partial charge is 0.248 e. The molecule has 0 saturated heterocycles. The van der Waals surface area contributed by atoms with E-state index < -0.39 is 0 Å². The Morgan fingerprint density at radius 1 is 0.944 bits per heavy atom. The monoisotopic (exact) mass is 497 g/mol. The summed E-state index contributed by atoms with van der Waals surface area (Å²) in [5, 5.41) is 15.0. The first kappa shape index (κ1) is 24.9. The third-order valence-corrected chi connectivity index (χ3v) is 6.46. The fourth-order valence-electron chi connectivity index (χ4n) is 3.62. The van der Waals surface area contributed by atoms with Gasteiger partial charge in [0, 0.05) is 30.1 Å². The molecule has 2 N–H and O–H groups in total. The van der Waals surface area contributed by atoms with Gasteiger partial charge in [0.25, 0.3) is 0 Å². The molecule has 0 saturated carbocycles. The van der Waals surface area contributed by atoms with Crippen LogP contribution in [0.3, 0.4) is 0 Å². The van der Waals surface area contributed by atoms with Crippen molar-refractivity contribution in [3.05, 3.63) is 95.6 Å². The minimum Gasteiger partial charge on any atom is -0.325 e. The van der Waals surface area contributed by atoms with Crippen molar-refractivity contribution in [1.29, 1.82) is 0 Å². The van der Waals surface area contributed by atoms with E-state index in [9.17, 15) is 9.59 Å². The van der Waals surface area contributed by atoms with E-state index in [1.54, 1.807) is 6.08 Å². The predicted octanol–water partition coefficient (Wildman–Crippen LogP) is 5.48. The molecular weight excluding hydrogens is 470 g/mol. The number of aromatic nitrogens is 3. The largest absolute Gasteiger partial charge is 0.325 e. The lowest BCUT2D eigenvalue weighted by atomic mass is 10.1. The number of rotatable bonds is 8. The zero-order valence-electron chi connectivity index (χ0n) is 20.4. The molecule has 4 rings (SSSR count). The van der Waals surface area contributed by atoms with Crippen molar-refractivity contribution < 1.29 is 9.59 Å². The fourth-order valence-corrected chi connectivity index (χ4v) is 4.33. The average Bonchev–Trinajstić information content (AvgIpc) is 3.24. The van der Waals surface area contributed by atoms with Gasteiger partial charge in [0.15, 0.2) is 11.0 Å². The Labute approximate surface area is 214 Å². The van der Waals surface area contributed by atoms with Crippen LogP contribution in [-0.4, -0.2) is 32.3 Å². The van der Waals surface area contributed by atoms with Crippen LogP contribution in [0, 0.1) is 13.8 Å². The fraction of sp³-hybridized carbons (Fsp3) is 0.143. The number of carbonyl (C=O) groups excluding carboxylic acids is 2. The molecule has 0 aliphatic carbocycles. The summed E-state index contributed by atoms with van der Waals surface area (Å²) in [6.07, 6.45) is 3.27. The Kier molecular flexibility index (Phi) is 7.97. The molecular formula is C28H27N5O2S. The quantitative estimate of drug-likeness (QED) is 0.249. The Hall–Kier alpha value is -4.17. The maximum absolute atomic E-state index is 12.5. The summed E-state index contributed by atoms with van der Waals surface area (Å²) in [6, 6.07) is 23.0. The van der Waals surface area contributed by atoms with E-state index >= 15 is 0 Å². The molecule has 0 spiro atoms. The highest BCUT2D eigenvalue weighted by atomic mass is 32.2. The Balaban J connectivity index is 1.38. The maximum Gasteiger partial charge on any atom is 0.248 e. The average molecular weight is 498 g/mol. The van der Waals surface area contributed by atoms with Crippen LogP contribution < -0.4 is 10.6 Å². The van der Waals surface area contributed by atoms with Crippen molar-refractivity contribution in [1.82, 2.24) is 14.8 Å². The molecule has 3 aromatic carbocycles. The molecule has 8 heteroatoms. The van der Waals surface area contributed by atoms with Gasteiger partial charge in [0.1, 0.15) is 0 Å². The lowest BCUT2D eigenvalue weighted by Crippen LogP contribution is -2.15. The number of carbonyl (C=O) groups is 2. The number of nitrogens with zero attached hydrogens (tertiary/aromatic N) is 3. The summed E-state index contributed by atoms with van der Waals surface area (Å²) in [5.74, 6) is 0.524. The van der Waals surface area contributed by atoms with E-state index in [1.165, 1.54) is 17.8 Å². The van der Waals surface area contributed by atoms with Crippen LogP contribution in [0.15, 0.2) is 84.0 Å². The highest BCUT2D eigenvalue weighted by molar-refractivity contribution is 7.99. The minimum atomic E-state index is -0.222. The predicted molar refractivity (Wildman–Crippen MR) is 146 cm³/mol. The van der Waals surface area contributed by atoms with Gasteiger partial charge < -0.3 is 15.2 Å². The van der Waals surface area contributed by atoms with Crippen LogP contribution in [0.25, 0.3) is 17.5 Å². The van der Waals surface area contributed by atoms with Crippen LogP contribution in [0.1, 0.15) is 16.7 Å². The van der Waals surface area contributed by atoms with Gasteiger partial charge in [0.05, 0.1) is 5.75 Å². The highest BCUT2D eigenvalue weighted by Crippen LogP contribution is 2.25. The number of benzene rings is 3. The van der Waals surface area contributed by atoms with Crippen molar-refractivity contribution in [2.24, 2.45) is 7.05 Å². The second-order valence-electron chi connectivity index (χ2n) is 8.33. The second kappa shape index (κ2) is 11.5. The van der Waals surface area contributed by atoms with E-state index in [-0.39, 0.29) is 17.6 Å². The summed E-state index contributed by atoms with van der Waals surface area (Å²) >= 11 is 1.32. The number of thioether (sulfide) groups is 1. The number of hydrogen-bond donors (Lipinski definition) is 2. The Morgan fingerprint density at radius 2 is 1.75 bits per heavy atom. The van der Waals surface area contributed by atoms with Crippen LogP contribution >= 0.6 is 11.8 Å². The van der Waals surface area contributed by atoms with Crippen molar-refractivity contribution in [3.63, 3.8) is 0 Å². The van der Waals surface area contributed by atoms with Gasteiger partial charge in [-0.1, -0.05) is 71.9 Å². The zero-order valence-corrected chi connectivity index (χ0v) is 21.2. The standard InChI is InChI=1S/C28H27N5O2S/c1-19-12-14-24(20(2)16-19)30-26(35)18-36-28-32-31-27(33(28)3)22-10-7-11-23(17-22)29-25(34)15-13-21-8-5-4-6-9-21/h4-17H,18H2,1-3H3,(H,29,34)(H,30,35). The van der Waals surface area contributed by atoms with Crippen LogP contribution in [0.4, 0.5) is 11.4 Å². The topological polar surface area (TPSA) is 88.9 Å². The summed E-state index contributed by atoms with van der Waals surface area (Å²) in [6.45, 7) is 3.99. The maximum atomic E-state index is 12.5. The highest BCUT2D eigenvalue weighted by Gasteiger charge is 2.14. The molecule has 0 unspecified atom stereocenters. The lowest BCUT2D eigenvalue weighted by Gasteiger charge is -2.09. The van der Waals surface area contributed by atoms with Gasteiger partial charge in [0.2, 0.25) is 11.8 Å². The van der Waals surface area contributed by atoms with Crippen LogP contribution in [0.2, 0.25) is 0 Å². The van der Waals surface area contributed by atoms with Crippen molar-refractivity contribution in [2.75, 3.05) is 16.4 Å². The van der Waals surface area contributed by atoms with E-state index in [2.05, 4.69) is 20.8 Å². The zero-order chi connectivity index (χ0) is 25.5. The second-order valence-corrected chi connectivity index (χ2v) is 9.28. The number of aryl methyl sites for hydroxylation is 2. The van der Waals surface area contributed by atoms with Crippen LogP contribution in [-0.2, 0) is 16.6 Å². The molecule has 0 aliphatic rings. The third-order valence-electron chi connectivity index (χ3n) is 5.44. The van der Waals surface area contributed by atoms with Gasteiger partial charge in [-0.3, -0.25) is 9.59 Å². The molecule has 0 atom stereocenters. The number of nitrogens with one attached hydrogen (secondary N) is 2. The minimum absolute atomic E-state index is 0.107. The van der Waals surface area contributed by atoms with Gasteiger partial charge >= 0.3 is 0 Å². The molecule has 0 aliphatic heterocycles. The molecule has 182 valence electrons. The first-order chi connectivity index (χ1) is 17.4. The van der Waals surface area contributed by atoms with Gasteiger partial charge in [-0.2, -0.15) is 0 Å². The third kappa shape index (κ3) is 6.49. The summed E-state index contributed by atoms with van der Waals surface area (Å²) in [4.78, 5) is 24.8. The van der Waals surface area contributed by atoms with Crippen molar-refractivity contribution in [2.45, 2.75) is 19.0 Å². The molecule has 1 heterocycles. The number of amides is 2. The van der Waals surface area contributed by atoms with Gasteiger partial charge in [-0.15, -0.1) is 10.2 Å². The lowest BCUT2D eigenvalue weighted by molar-refractivity contribution is -0.114. The summed E-state index contributed by atoms with van der Waals surface area (Å²) < 4.78 is 1.84. The molecule has 36 heavy (non-hydrogen) atoms. The summed E-state index contributed by atoms with van der Waals surface area (Å²) in [7, 11) is 1.85. The Morgan fingerprint density at radius 3 is 2.53 bits per heavy atom. The van der Waals surface area contributed by atoms with E-state index in [0.29, 0.717) is 16.7 Å². The molecule has 4 aromatic rings. The SMILES string of the molecule is Cc1ccc(NC(=O)CSc2nnc(-c3cccc(NC(=O)C=Cc4ccccc4)c3)n2C)c(C)c1. The molecule has 0 bridgehead atoms. The number of anilines is 2. The van der Waals surface area contributed by atoms with E-state index in [1.807, 2.05) is 98.3 Å². The normalized spacial score (nSPS) is 11.0. The summed E-state index contributed by atoms with van der Waals surface area (Å²) in [5.41, 5.74) is 5.40. The molecule has 0 fully saturated rings. The first-order valence-electron chi connectivity index (χ1n) is 11.4. The van der Waals surface area contributed by atoms with Crippen molar-refractivity contribution in [3.8, 4) is 11.4 Å². The number of hydrogen-bond acceptors (Lipinski definition) is 5. The molecule has 1 aromatic heterocycles. The van der Waals surface area contributed by atoms with E-state index in [4.69, 9.17) is 0 Å². The van der Waals surface area contributed by atoms with Crippen LogP contribution in [0.5, 0.6) is 0 Å². The van der Waals surface area contributed by atoms with Gasteiger partial charge in [-0.05, 0) is 49.2 Å². The first-order valence-corrected chi connectivity index (χ1v) is 12.4. The molecule has 7 nitrogen and oxygen atoms in total. The molecule has 2 amide bonds. The van der Waals surface area contributed by atoms with Gasteiger partial charge in [-0.25, -0.2) is 0 Å².